The first-order chi connectivity index (χ1) is 8.35. The predicted molar refractivity (Wildman–Crippen MR) is 74.6 cm³/mol. The molecule has 1 aromatic heterocycles. The summed E-state index contributed by atoms with van der Waals surface area (Å²) in [5.74, 6) is 0.395. The molecule has 0 radical (unpaired) electrons. The van der Waals surface area contributed by atoms with Crippen LogP contribution in [0.5, 0.6) is 0 Å². The molecule has 1 aromatic rings. The van der Waals surface area contributed by atoms with Crippen LogP contribution < -0.4 is 5.32 Å². The molecule has 102 valence electrons. The Hall–Kier alpha value is -0.460. The summed E-state index contributed by atoms with van der Waals surface area (Å²) in [4.78, 5) is 5.68. The van der Waals surface area contributed by atoms with Crippen LogP contribution in [0.2, 0.25) is 0 Å². The third-order valence-electron chi connectivity index (χ3n) is 2.83. The molecule has 0 spiro atoms. The Balaban J connectivity index is 2.14. The van der Waals surface area contributed by atoms with Crippen molar-refractivity contribution in [2.75, 3.05) is 6.26 Å². The summed E-state index contributed by atoms with van der Waals surface area (Å²) in [6.45, 7) is 5.01. The first kappa shape index (κ1) is 14.0. The highest BCUT2D eigenvalue weighted by atomic mass is 32.2. The van der Waals surface area contributed by atoms with Gasteiger partial charge in [0.25, 0.3) is 0 Å². The van der Waals surface area contributed by atoms with Gasteiger partial charge in [0.2, 0.25) is 0 Å². The second-order valence-corrected chi connectivity index (χ2v) is 8.60. The van der Waals surface area contributed by atoms with E-state index in [-0.39, 0.29) is 5.75 Å². The highest BCUT2D eigenvalue weighted by Crippen LogP contribution is 2.27. The minimum absolute atomic E-state index is 0.0564. The summed E-state index contributed by atoms with van der Waals surface area (Å²) in [6, 6.07) is 0.658. The molecule has 1 aliphatic carbocycles. The maximum Gasteiger partial charge on any atom is 0.153 e. The first-order valence-electron chi connectivity index (χ1n) is 6.24. The summed E-state index contributed by atoms with van der Waals surface area (Å²) in [6.07, 6.45) is 3.77. The van der Waals surface area contributed by atoms with E-state index < -0.39 is 9.84 Å². The number of aromatic nitrogens is 1. The molecular formula is C12H20N2O2S2. The summed E-state index contributed by atoms with van der Waals surface area (Å²) >= 11 is 1.53. The lowest BCUT2D eigenvalue weighted by atomic mass is 10.1. The third-order valence-corrected chi connectivity index (χ3v) is 4.88. The highest BCUT2D eigenvalue weighted by molar-refractivity contribution is 7.90. The second kappa shape index (κ2) is 5.27. The van der Waals surface area contributed by atoms with Gasteiger partial charge in [-0.05, 0) is 18.8 Å². The van der Waals surface area contributed by atoms with Crippen molar-refractivity contribution in [3.63, 3.8) is 0 Å². The van der Waals surface area contributed by atoms with Gasteiger partial charge in [-0.25, -0.2) is 13.4 Å². The van der Waals surface area contributed by atoms with Crippen molar-refractivity contribution in [3.8, 4) is 0 Å². The standard InChI is InChI=1S/C12H20N2O2S2/c1-8(2)12-10(6-13-9-4-5-9)17-11(14-12)7-18(3,15)16/h8-9,13H,4-7H2,1-3H3. The van der Waals surface area contributed by atoms with Gasteiger partial charge in [0, 0.05) is 23.7 Å². The van der Waals surface area contributed by atoms with Crippen LogP contribution in [0.4, 0.5) is 0 Å². The fraction of sp³-hybridized carbons (Fsp3) is 0.750. The van der Waals surface area contributed by atoms with E-state index >= 15 is 0 Å². The average molecular weight is 288 g/mol. The third kappa shape index (κ3) is 4.03. The molecule has 1 saturated carbocycles. The van der Waals surface area contributed by atoms with E-state index in [0.29, 0.717) is 17.0 Å². The fourth-order valence-electron chi connectivity index (χ4n) is 1.80. The van der Waals surface area contributed by atoms with Gasteiger partial charge in [0.1, 0.15) is 10.8 Å². The molecule has 18 heavy (non-hydrogen) atoms. The number of hydrogen-bond acceptors (Lipinski definition) is 5. The van der Waals surface area contributed by atoms with Gasteiger partial charge in [0.15, 0.2) is 9.84 Å². The Morgan fingerprint density at radius 3 is 2.61 bits per heavy atom. The summed E-state index contributed by atoms with van der Waals surface area (Å²) in [7, 11) is -3.00. The molecule has 0 aliphatic heterocycles. The molecule has 1 fully saturated rings. The summed E-state index contributed by atoms with van der Waals surface area (Å²) in [5.41, 5.74) is 1.05. The molecule has 6 heteroatoms. The molecule has 0 bridgehead atoms. The smallest absolute Gasteiger partial charge is 0.153 e. The lowest BCUT2D eigenvalue weighted by Gasteiger charge is -2.05. The number of nitrogens with zero attached hydrogens (tertiary/aromatic N) is 1. The maximum atomic E-state index is 11.3. The van der Waals surface area contributed by atoms with Gasteiger partial charge in [-0.1, -0.05) is 13.8 Å². The van der Waals surface area contributed by atoms with Crippen LogP contribution in [-0.2, 0) is 22.1 Å². The van der Waals surface area contributed by atoms with Crippen molar-refractivity contribution >= 4 is 21.2 Å². The minimum Gasteiger partial charge on any atom is -0.309 e. The van der Waals surface area contributed by atoms with Gasteiger partial charge < -0.3 is 5.32 Å². The van der Waals surface area contributed by atoms with Crippen LogP contribution in [0.25, 0.3) is 0 Å². The van der Waals surface area contributed by atoms with E-state index in [1.165, 1.54) is 35.3 Å². The Kier molecular flexibility index (Phi) is 4.08. The van der Waals surface area contributed by atoms with Crippen molar-refractivity contribution in [2.24, 2.45) is 0 Å². The fourth-order valence-corrected chi connectivity index (χ4v) is 4.16. The summed E-state index contributed by atoms with van der Waals surface area (Å²) < 4.78 is 22.6. The van der Waals surface area contributed by atoms with Crippen molar-refractivity contribution in [2.45, 2.75) is 50.9 Å². The normalized spacial score (nSPS) is 16.4. The SMILES string of the molecule is CC(C)c1nc(CS(C)(=O)=O)sc1CNC1CC1. The number of rotatable bonds is 6. The van der Waals surface area contributed by atoms with Crippen LogP contribution in [-0.4, -0.2) is 25.7 Å². The summed E-state index contributed by atoms with van der Waals surface area (Å²) in [5, 5.41) is 4.18. The van der Waals surface area contributed by atoms with E-state index in [4.69, 9.17) is 0 Å². The molecule has 0 amide bonds. The van der Waals surface area contributed by atoms with Gasteiger partial charge in [-0.15, -0.1) is 11.3 Å². The van der Waals surface area contributed by atoms with Crippen LogP contribution in [0.15, 0.2) is 0 Å². The number of sulfone groups is 1. The predicted octanol–water partition coefficient (Wildman–Crippen LogP) is 2.06. The van der Waals surface area contributed by atoms with Crippen molar-refractivity contribution < 1.29 is 8.42 Å². The largest absolute Gasteiger partial charge is 0.309 e. The Bertz CT molecular complexity index is 516. The van der Waals surface area contributed by atoms with Gasteiger partial charge in [-0.3, -0.25) is 0 Å². The van der Waals surface area contributed by atoms with Crippen molar-refractivity contribution in [1.29, 1.82) is 0 Å². The Morgan fingerprint density at radius 1 is 1.44 bits per heavy atom. The lowest BCUT2D eigenvalue weighted by Crippen LogP contribution is -2.15. The maximum absolute atomic E-state index is 11.3. The number of hydrogen-bond donors (Lipinski definition) is 1. The highest BCUT2D eigenvalue weighted by Gasteiger charge is 2.22. The Morgan fingerprint density at radius 2 is 2.11 bits per heavy atom. The van der Waals surface area contributed by atoms with E-state index in [9.17, 15) is 8.42 Å². The number of nitrogens with one attached hydrogen (secondary N) is 1. The molecule has 1 N–H and O–H groups in total. The molecule has 0 atom stereocenters. The quantitative estimate of drug-likeness (QED) is 0.870. The first-order valence-corrected chi connectivity index (χ1v) is 9.12. The Labute approximate surface area is 113 Å². The van der Waals surface area contributed by atoms with Crippen LogP contribution in [0.3, 0.4) is 0 Å². The zero-order valence-electron chi connectivity index (χ0n) is 11.1. The monoisotopic (exact) mass is 288 g/mol. The van der Waals surface area contributed by atoms with Crippen LogP contribution in [0.1, 0.15) is 48.2 Å². The lowest BCUT2D eigenvalue weighted by molar-refractivity contribution is 0.601. The van der Waals surface area contributed by atoms with Crippen LogP contribution >= 0.6 is 11.3 Å². The van der Waals surface area contributed by atoms with Gasteiger partial charge in [-0.2, -0.15) is 0 Å². The van der Waals surface area contributed by atoms with Crippen molar-refractivity contribution in [1.82, 2.24) is 10.3 Å². The number of thiazole rings is 1. The second-order valence-electron chi connectivity index (χ2n) is 5.30. The van der Waals surface area contributed by atoms with Crippen molar-refractivity contribution in [3.05, 3.63) is 15.6 Å². The van der Waals surface area contributed by atoms with Gasteiger partial charge >= 0.3 is 0 Å². The van der Waals surface area contributed by atoms with E-state index in [1.54, 1.807) is 0 Å². The topological polar surface area (TPSA) is 59.1 Å². The molecule has 1 aliphatic rings. The van der Waals surface area contributed by atoms with E-state index in [0.717, 1.165) is 12.2 Å². The van der Waals surface area contributed by atoms with E-state index in [2.05, 4.69) is 24.1 Å². The zero-order chi connectivity index (χ0) is 13.3. The molecule has 0 aromatic carbocycles. The van der Waals surface area contributed by atoms with E-state index in [1.807, 2.05) is 0 Å². The molecular weight excluding hydrogens is 268 g/mol. The molecule has 2 rings (SSSR count). The molecule has 1 heterocycles. The minimum atomic E-state index is -3.00. The average Bonchev–Trinajstić information content (AvgIpc) is 2.95. The molecule has 4 nitrogen and oxygen atoms in total. The molecule has 0 saturated heterocycles. The molecule has 0 unspecified atom stereocenters. The van der Waals surface area contributed by atoms with Gasteiger partial charge in [0.05, 0.1) is 5.69 Å². The van der Waals surface area contributed by atoms with Crippen LogP contribution in [0, 0.1) is 0 Å². The zero-order valence-corrected chi connectivity index (χ0v) is 12.7.